The van der Waals surface area contributed by atoms with Crippen molar-refractivity contribution >= 4 is 5.96 Å². The van der Waals surface area contributed by atoms with E-state index < -0.39 is 0 Å². The second kappa shape index (κ2) is 9.22. The van der Waals surface area contributed by atoms with Gasteiger partial charge in [-0.15, -0.1) is 0 Å². The van der Waals surface area contributed by atoms with Crippen LogP contribution in [-0.4, -0.2) is 29.3 Å². The summed E-state index contributed by atoms with van der Waals surface area (Å²) in [6, 6.07) is 20.9. The fourth-order valence-corrected chi connectivity index (χ4v) is 3.15. The molecular weight excluding hydrogens is 346 g/mol. The van der Waals surface area contributed by atoms with Gasteiger partial charge in [-0.25, -0.2) is 0 Å². The van der Waals surface area contributed by atoms with Crippen molar-refractivity contribution in [2.24, 2.45) is 4.99 Å². The van der Waals surface area contributed by atoms with E-state index in [2.05, 4.69) is 83.1 Å². The molecule has 2 aromatic carbocycles. The summed E-state index contributed by atoms with van der Waals surface area (Å²) in [6.07, 6.45) is 3.79. The van der Waals surface area contributed by atoms with Gasteiger partial charge in [-0.1, -0.05) is 68.4 Å². The van der Waals surface area contributed by atoms with E-state index in [1.54, 1.807) is 13.2 Å². The quantitative estimate of drug-likeness (QED) is 0.490. The largest absolute Gasteiger partial charge is 0.356 e. The molecule has 0 bridgehead atoms. The molecule has 0 saturated carbocycles. The van der Waals surface area contributed by atoms with Gasteiger partial charge in [0.15, 0.2) is 5.96 Å². The molecule has 0 atom stereocenters. The molecule has 0 aliphatic rings. The summed E-state index contributed by atoms with van der Waals surface area (Å²) >= 11 is 0. The van der Waals surface area contributed by atoms with E-state index in [0.717, 1.165) is 19.0 Å². The lowest BCUT2D eigenvalue weighted by molar-refractivity contribution is 0.508. The predicted octanol–water partition coefficient (Wildman–Crippen LogP) is 3.57. The van der Waals surface area contributed by atoms with Crippen LogP contribution in [0, 0.1) is 0 Å². The number of nitrogens with zero attached hydrogens (tertiary/aromatic N) is 3. The van der Waals surface area contributed by atoms with E-state index in [9.17, 15) is 0 Å². The van der Waals surface area contributed by atoms with Crippen molar-refractivity contribution in [3.8, 4) is 0 Å². The first-order valence-corrected chi connectivity index (χ1v) is 9.63. The van der Waals surface area contributed by atoms with Crippen LogP contribution in [0.4, 0.5) is 0 Å². The fraction of sp³-hybridized carbons (Fsp3) is 0.304. The van der Waals surface area contributed by atoms with E-state index >= 15 is 0 Å². The Morgan fingerprint density at radius 1 is 0.964 bits per heavy atom. The van der Waals surface area contributed by atoms with Crippen molar-refractivity contribution in [1.82, 2.24) is 20.4 Å². The van der Waals surface area contributed by atoms with Gasteiger partial charge in [0, 0.05) is 37.9 Å². The monoisotopic (exact) mass is 375 g/mol. The van der Waals surface area contributed by atoms with Gasteiger partial charge < -0.3 is 10.6 Å². The van der Waals surface area contributed by atoms with Crippen molar-refractivity contribution in [3.05, 3.63) is 89.7 Å². The average Bonchev–Trinajstić information content (AvgIpc) is 3.23. The Hall–Kier alpha value is -3.08. The molecule has 1 aromatic heterocycles. The summed E-state index contributed by atoms with van der Waals surface area (Å²) in [5.41, 5.74) is 3.81. The minimum atomic E-state index is 0.0108. The number of hydrogen-bond acceptors (Lipinski definition) is 2. The van der Waals surface area contributed by atoms with Crippen LogP contribution in [0.5, 0.6) is 0 Å². The maximum absolute atomic E-state index is 4.38. The third kappa shape index (κ3) is 5.22. The van der Waals surface area contributed by atoms with Crippen LogP contribution in [0.1, 0.15) is 30.5 Å². The summed E-state index contributed by atoms with van der Waals surface area (Å²) in [7, 11) is 1.81. The number of benzene rings is 2. The number of nitrogens with one attached hydrogen (secondary N) is 2. The van der Waals surface area contributed by atoms with E-state index in [-0.39, 0.29) is 5.41 Å². The van der Waals surface area contributed by atoms with Crippen molar-refractivity contribution in [2.45, 2.75) is 32.4 Å². The predicted molar refractivity (Wildman–Crippen MR) is 115 cm³/mol. The van der Waals surface area contributed by atoms with Gasteiger partial charge >= 0.3 is 0 Å². The molecule has 0 aliphatic carbocycles. The summed E-state index contributed by atoms with van der Waals surface area (Å²) in [5, 5.41) is 11.2. The third-order valence-electron chi connectivity index (χ3n) is 4.93. The molecule has 0 unspecified atom stereocenters. The first-order valence-electron chi connectivity index (χ1n) is 9.63. The molecule has 0 aliphatic heterocycles. The molecule has 0 fully saturated rings. The Labute approximate surface area is 167 Å². The molecule has 3 rings (SSSR count). The topological polar surface area (TPSA) is 54.2 Å². The molecule has 5 nitrogen and oxygen atoms in total. The molecular formula is C23H29N5. The Bertz CT molecular complexity index is 882. The third-order valence-corrected chi connectivity index (χ3v) is 4.93. The van der Waals surface area contributed by atoms with Gasteiger partial charge in [0.1, 0.15) is 0 Å². The number of rotatable bonds is 7. The minimum Gasteiger partial charge on any atom is -0.356 e. The zero-order valence-electron chi connectivity index (χ0n) is 16.9. The van der Waals surface area contributed by atoms with Crippen LogP contribution >= 0.6 is 0 Å². The van der Waals surface area contributed by atoms with Gasteiger partial charge in [-0.3, -0.25) is 9.67 Å². The molecule has 28 heavy (non-hydrogen) atoms. The van der Waals surface area contributed by atoms with Crippen LogP contribution in [0.3, 0.4) is 0 Å². The standard InChI is InChI=1S/C23H29N5/c1-23(2,21-12-5-4-6-13-21)18-26-22(24-3)25-16-19-10-7-8-11-20(19)17-28-15-9-14-27-28/h4-15H,16-18H2,1-3H3,(H2,24,25,26). The molecule has 2 N–H and O–H groups in total. The van der Waals surface area contributed by atoms with Gasteiger partial charge in [-0.05, 0) is 22.8 Å². The second-order valence-electron chi connectivity index (χ2n) is 7.50. The number of aliphatic imine (C=N–C) groups is 1. The lowest BCUT2D eigenvalue weighted by Gasteiger charge is -2.27. The molecule has 146 valence electrons. The number of aromatic nitrogens is 2. The highest BCUT2D eigenvalue weighted by molar-refractivity contribution is 5.79. The number of hydrogen-bond donors (Lipinski definition) is 2. The molecule has 0 radical (unpaired) electrons. The van der Waals surface area contributed by atoms with Crippen LogP contribution < -0.4 is 10.6 Å². The van der Waals surface area contributed by atoms with E-state index in [1.807, 2.05) is 23.0 Å². The van der Waals surface area contributed by atoms with E-state index in [1.165, 1.54) is 16.7 Å². The first kappa shape index (κ1) is 19.7. The van der Waals surface area contributed by atoms with Crippen molar-refractivity contribution in [1.29, 1.82) is 0 Å². The lowest BCUT2D eigenvalue weighted by Crippen LogP contribution is -2.43. The second-order valence-corrected chi connectivity index (χ2v) is 7.50. The number of guanidine groups is 1. The zero-order valence-corrected chi connectivity index (χ0v) is 16.9. The normalized spacial score (nSPS) is 12.0. The van der Waals surface area contributed by atoms with Crippen molar-refractivity contribution in [2.75, 3.05) is 13.6 Å². The van der Waals surface area contributed by atoms with Crippen molar-refractivity contribution < 1.29 is 0 Å². The Kier molecular flexibility index (Phi) is 6.48. The maximum Gasteiger partial charge on any atom is 0.191 e. The summed E-state index contributed by atoms with van der Waals surface area (Å²) in [6.45, 7) is 6.75. The Morgan fingerprint density at radius 3 is 2.36 bits per heavy atom. The van der Waals surface area contributed by atoms with Gasteiger partial charge in [0.2, 0.25) is 0 Å². The lowest BCUT2D eigenvalue weighted by atomic mass is 9.85. The fourth-order valence-electron chi connectivity index (χ4n) is 3.15. The smallest absolute Gasteiger partial charge is 0.191 e. The van der Waals surface area contributed by atoms with Gasteiger partial charge in [-0.2, -0.15) is 5.10 Å². The molecule has 0 spiro atoms. The first-order chi connectivity index (χ1) is 13.6. The highest BCUT2D eigenvalue weighted by Crippen LogP contribution is 2.21. The summed E-state index contributed by atoms with van der Waals surface area (Å²) in [5.74, 6) is 0.804. The Morgan fingerprint density at radius 2 is 1.68 bits per heavy atom. The maximum atomic E-state index is 4.38. The highest BCUT2D eigenvalue weighted by Gasteiger charge is 2.20. The zero-order chi connectivity index (χ0) is 19.8. The van der Waals surface area contributed by atoms with Crippen LogP contribution in [-0.2, 0) is 18.5 Å². The van der Waals surface area contributed by atoms with Crippen LogP contribution in [0.15, 0.2) is 78.0 Å². The summed E-state index contributed by atoms with van der Waals surface area (Å²) in [4.78, 5) is 4.38. The van der Waals surface area contributed by atoms with E-state index in [4.69, 9.17) is 0 Å². The van der Waals surface area contributed by atoms with Crippen LogP contribution in [0.2, 0.25) is 0 Å². The molecule has 0 amide bonds. The molecule has 3 aromatic rings. The SMILES string of the molecule is CN=C(NCc1ccccc1Cn1cccn1)NCC(C)(C)c1ccccc1. The van der Waals surface area contributed by atoms with Gasteiger partial charge in [0.25, 0.3) is 0 Å². The van der Waals surface area contributed by atoms with Crippen molar-refractivity contribution in [3.63, 3.8) is 0 Å². The van der Waals surface area contributed by atoms with Gasteiger partial charge in [0.05, 0.1) is 6.54 Å². The average molecular weight is 376 g/mol. The molecule has 0 saturated heterocycles. The summed E-state index contributed by atoms with van der Waals surface area (Å²) < 4.78 is 1.94. The van der Waals surface area contributed by atoms with E-state index in [0.29, 0.717) is 6.54 Å². The molecule has 1 heterocycles. The Balaban J connectivity index is 1.59. The minimum absolute atomic E-state index is 0.0108. The molecule has 5 heteroatoms. The van der Waals surface area contributed by atoms with Crippen LogP contribution in [0.25, 0.3) is 0 Å². The highest BCUT2D eigenvalue weighted by atomic mass is 15.3.